The van der Waals surface area contributed by atoms with Crippen LogP contribution in [0.3, 0.4) is 0 Å². The van der Waals surface area contributed by atoms with Crippen LogP contribution in [0.2, 0.25) is 0 Å². The first-order valence-electron chi connectivity index (χ1n) is 5.83. The number of rotatable bonds is 2. The molecule has 96 valence electrons. The van der Waals surface area contributed by atoms with E-state index < -0.39 is 11.6 Å². The Bertz CT molecular complexity index is 591. The van der Waals surface area contributed by atoms with Crippen molar-refractivity contribution in [2.75, 3.05) is 18.9 Å². The van der Waals surface area contributed by atoms with Crippen LogP contribution in [0.1, 0.15) is 6.42 Å². The van der Waals surface area contributed by atoms with Crippen molar-refractivity contribution < 1.29 is 13.5 Å². The number of benzene rings is 1. The third-order valence-corrected chi connectivity index (χ3v) is 3.27. The highest BCUT2D eigenvalue weighted by molar-refractivity contribution is 5.79. The van der Waals surface area contributed by atoms with Crippen LogP contribution in [0.4, 0.5) is 14.7 Å². The van der Waals surface area contributed by atoms with Crippen molar-refractivity contribution in [1.82, 2.24) is 9.55 Å². The van der Waals surface area contributed by atoms with Gasteiger partial charge in [0.1, 0.15) is 11.3 Å². The van der Waals surface area contributed by atoms with Crippen LogP contribution < -0.4 is 5.73 Å². The minimum absolute atomic E-state index is 0.118. The van der Waals surface area contributed by atoms with E-state index >= 15 is 0 Å². The Morgan fingerprint density at radius 1 is 1.44 bits per heavy atom. The van der Waals surface area contributed by atoms with Gasteiger partial charge in [0.25, 0.3) is 0 Å². The molecule has 1 aromatic carbocycles. The Hall–Kier alpha value is -1.69. The Morgan fingerprint density at radius 2 is 2.28 bits per heavy atom. The number of nitrogens with zero attached hydrogens (tertiary/aromatic N) is 2. The lowest BCUT2D eigenvalue weighted by Gasteiger charge is -2.11. The van der Waals surface area contributed by atoms with Gasteiger partial charge in [0.05, 0.1) is 12.1 Å². The van der Waals surface area contributed by atoms with Crippen LogP contribution in [-0.2, 0) is 11.3 Å². The first kappa shape index (κ1) is 11.4. The van der Waals surface area contributed by atoms with Crippen LogP contribution in [0, 0.1) is 17.6 Å². The minimum Gasteiger partial charge on any atom is -0.381 e. The van der Waals surface area contributed by atoms with Crippen molar-refractivity contribution >= 4 is 17.0 Å². The molecule has 2 aromatic rings. The second-order valence-electron chi connectivity index (χ2n) is 4.57. The predicted molar refractivity (Wildman–Crippen MR) is 63.0 cm³/mol. The molecule has 1 aliphatic rings. The highest BCUT2D eigenvalue weighted by atomic mass is 19.1. The van der Waals surface area contributed by atoms with E-state index in [1.165, 1.54) is 6.07 Å². The number of aromatic nitrogens is 2. The van der Waals surface area contributed by atoms with Gasteiger partial charge in [0.15, 0.2) is 5.82 Å². The molecule has 1 atom stereocenters. The molecule has 0 radical (unpaired) electrons. The molecule has 2 heterocycles. The van der Waals surface area contributed by atoms with E-state index in [1.807, 2.05) is 0 Å². The molecule has 0 aliphatic carbocycles. The molecule has 1 aromatic heterocycles. The van der Waals surface area contributed by atoms with Crippen molar-refractivity contribution in [3.63, 3.8) is 0 Å². The van der Waals surface area contributed by atoms with Gasteiger partial charge in [-0.3, -0.25) is 0 Å². The maximum atomic E-state index is 13.6. The summed E-state index contributed by atoms with van der Waals surface area (Å²) >= 11 is 0. The van der Waals surface area contributed by atoms with Gasteiger partial charge in [0.2, 0.25) is 5.95 Å². The average molecular weight is 253 g/mol. The van der Waals surface area contributed by atoms with Gasteiger partial charge in [-0.15, -0.1) is 0 Å². The lowest BCUT2D eigenvalue weighted by atomic mass is 10.1. The molecule has 6 heteroatoms. The second kappa shape index (κ2) is 4.20. The van der Waals surface area contributed by atoms with Crippen molar-refractivity contribution in [2.24, 2.45) is 5.92 Å². The average Bonchev–Trinajstić information content (AvgIpc) is 2.91. The fraction of sp³-hybridized carbons (Fsp3) is 0.417. The number of anilines is 1. The zero-order valence-corrected chi connectivity index (χ0v) is 9.70. The summed E-state index contributed by atoms with van der Waals surface area (Å²) in [4.78, 5) is 3.95. The molecule has 0 spiro atoms. The summed E-state index contributed by atoms with van der Waals surface area (Å²) in [5, 5.41) is 0. The molecular weight excluding hydrogens is 240 g/mol. The van der Waals surface area contributed by atoms with Crippen LogP contribution in [0.25, 0.3) is 11.0 Å². The summed E-state index contributed by atoms with van der Waals surface area (Å²) in [7, 11) is 0. The van der Waals surface area contributed by atoms with Gasteiger partial charge in [-0.05, 0) is 6.42 Å². The molecule has 18 heavy (non-hydrogen) atoms. The highest BCUT2D eigenvalue weighted by Crippen LogP contribution is 2.25. The van der Waals surface area contributed by atoms with Gasteiger partial charge in [-0.1, -0.05) is 0 Å². The number of hydrogen-bond acceptors (Lipinski definition) is 3. The summed E-state index contributed by atoms with van der Waals surface area (Å²) < 4.78 is 33.7. The molecule has 0 saturated carbocycles. The summed E-state index contributed by atoms with van der Waals surface area (Å²) in [6, 6.07) is 2.08. The minimum atomic E-state index is -0.682. The SMILES string of the molecule is Nc1nc2c(F)cc(F)cc2n1CC1CCOC1. The van der Waals surface area contributed by atoms with Gasteiger partial charge >= 0.3 is 0 Å². The van der Waals surface area contributed by atoms with E-state index in [0.29, 0.717) is 24.6 Å². The molecule has 1 unspecified atom stereocenters. The van der Waals surface area contributed by atoms with Gasteiger partial charge in [-0.2, -0.15) is 0 Å². The monoisotopic (exact) mass is 253 g/mol. The smallest absolute Gasteiger partial charge is 0.201 e. The lowest BCUT2D eigenvalue weighted by Crippen LogP contribution is -2.12. The molecule has 0 bridgehead atoms. The van der Waals surface area contributed by atoms with Gasteiger partial charge in [-0.25, -0.2) is 13.8 Å². The van der Waals surface area contributed by atoms with E-state index in [2.05, 4.69) is 4.98 Å². The van der Waals surface area contributed by atoms with Crippen molar-refractivity contribution in [3.05, 3.63) is 23.8 Å². The third-order valence-electron chi connectivity index (χ3n) is 3.27. The highest BCUT2D eigenvalue weighted by Gasteiger charge is 2.20. The van der Waals surface area contributed by atoms with E-state index in [-0.39, 0.29) is 11.5 Å². The van der Waals surface area contributed by atoms with Crippen LogP contribution in [-0.4, -0.2) is 22.8 Å². The van der Waals surface area contributed by atoms with Gasteiger partial charge in [0, 0.05) is 31.2 Å². The number of halogens is 2. The summed E-state index contributed by atoms with van der Waals surface area (Å²) in [6.07, 6.45) is 0.927. The van der Waals surface area contributed by atoms with E-state index in [1.54, 1.807) is 4.57 Å². The molecule has 1 fully saturated rings. The molecule has 1 aliphatic heterocycles. The Kier molecular flexibility index (Phi) is 2.66. The van der Waals surface area contributed by atoms with E-state index in [4.69, 9.17) is 10.5 Å². The normalized spacial score (nSPS) is 19.8. The van der Waals surface area contributed by atoms with Gasteiger partial charge < -0.3 is 15.0 Å². The molecule has 4 nitrogen and oxygen atoms in total. The van der Waals surface area contributed by atoms with Crippen LogP contribution >= 0.6 is 0 Å². The number of fused-ring (bicyclic) bond motifs is 1. The Morgan fingerprint density at radius 3 is 3.00 bits per heavy atom. The number of nitrogens with two attached hydrogens (primary N) is 1. The number of ether oxygens (including phenoxy) is 1. The lowest BCUT2D eigenvalue weighted by molar-refractivity contribution is 0.183. The third kappa shape index (κ3) is 1.82. The zero-order chi connectivity index (χ0) is 12.7. The standard InChI is InChI=1S/C12H13F2N3O/c13-8-3-9(14)11-10(4-8)17(12(15)16-11)5-7-1-2-18-6-7/h3-4,7H,1-2,5-6H2,(H2,15,16). The summed E-state index contributed by atoms with van der Waals surface area (Å²) in [5.74, 6) is -0.778. The van der Waals surface area contributed by atoms with E-state index in [9.17, 15) is 8.78 Å². The Balaban J connectivity index is 2.06. The quantitative estimate of drug-likeness (QED) is 0.889. The van der Waals surface area contributed by atoms with Crippen LogP contribution in [0.15, 0.2) is 12.1 Å². The topological polar surface area (TPSA) is 53.1 Å². The Labute approximate surface area is 102 Å². The molecule has 3 rings (SSSR count). The predicted octanol–water partition coefficient (Wildman–Crippen LogP) is 1.93. The maximum Gasteiger partial charge on any atom is 0.201 e. The number of imidazole rings is 1. The van der Waals surface area contributed by atoms with Crippen molar-refractivity contribution in [1.29, 1.82) is 0 Å². The zero-order valence-electron chi connectivity index (χ0n) is 9.70. The van der Waals surface area contributed by atoms with E-state index in [0.717, 1.165) is 19.1 Å². The fourth-order valence-corrected chi connectivity index (χ4v) is 2.34. The van der Waals surface area contributed by atoms with Crippen molar-refractivity contribution in [2.45, 2.75) is 13.0 Å². The molecular formula is C12H13F2N3O. The fourth-order valence-electron chi connectivity index (χ4n) is 2.34. The molecule has 1 saturated heterocycles. The number of nitrogen functional groups attached to an aromatic ring is 1. The second-order valence-corrected chi connectivity index (χ2v) is 4.57. The summed E-state index contributed by atoms with van der Waals surface area (Å²) in [6.45, 7) is 1.95. The van der Waals surface area contributed by atoms with Crippen LogP contribution in [0.5, 0.6) is 0 Å². The van der Waals surface area contributed by atoms with Crippen molar-refractivity contribution in [3.8, 4) is 0 Å². The molecule has 0 amide bonds. The maximum absolute atomic E-state index is 13.6. The largest absolute Gasteiger partial charge is 0.381 e. The number of hydrogen-bond donors (Lipinski definition) is 1. The first-order valence-corrected chi connectivity index (χ1v) is 5.83. The first-order chi connectivity index (χ1) is 8.65. The summed E-state index contributed by atoms with van der Waals surface area (Å²) in [5.41, 5.74) is 6.29. The molecule has 2 N–H and O–H groups in total.